The van der Waals surface area contributed by atoms with E-state index < -0.39 is 0 Å². The maximum atomic E-state index is 3.80. The van der Waals surface area contributed by atoms with E-state index in [-0.39, 0.29) is 5.41 Å². The van der Waals surface area contributed by atoms with Crippen molar-refractivity contribution < 1.29 is 0 Å². The fourth-order valence-electron chi connectivity index (χ4n) is 1.96. The van der Waals surface area contributed by atoms with Crippen molar-refractivity contribution in [3.63, 3.8) is 0 Å². The summed E-state index contributed by atoms with van der Waals surface area (Å²) in [5.41, 5.74) is 4.35. The zero-order chi connectivity index (χ0) is 14.0. The largest absolute Gasteiger partial charge is 0.137 e. The molecule has 0 spiro atoms. The Morgan fingerprint density at radius 1 is 1.21 bits per heavy atom. The monoisotopic (exact) mass is 448 g/mol. The van der Waals surface area contributed by atoms with Crippen LogP contribution in [0.15, 0.2) is 35.7 Å². The number of halogens is 2. The number of alkyl halides is 1. The first kappa shape index (κ1) is 15.5. The molecule has 0 amide bonds. The standard InChI is InChI=1S/C16H18BrIS/c1-4-16(2,3)13-7-5-11(6-8-13)15(17)12-9-14(18)19-10-12/h5-10,15H,4H2,1-3H3. The highest BCUT2D eigenvalue weighted by atomic mass is 127. The molecule has 0 aliphatic heterocycles. The van der Waals surface area contributed by atoms with Gasteiger partial charge in [-0.2, -0.15) is 0 Å². The summed E-state index contributed by atoms with van der Waals surface area (Å²) in [5, 5.41) is 2.23. The van der Waals surface area contributed by atoms with Gasteiger partial charge in [0, 0.05) is 0 Å². The van der Waals surface area contributed by atoms with Gasteiger partial charge in [-0.05, 0) is 62.6 Å². The second-order valence-electron chi connectivity index (χ2n) is 5.41. The molecule has 3 heteroatoms. The SMILES string of the molecule is CCC(C)(C)c1ccc(C(Br)c2csc(I)c2)cc1. The van der Waals surface area contributed by atoms with Crippen molar-refractivity contribution in [3.8, 4) is 0 Å². The minimum atomic E-state index is 0.262. The lowest BCUT2D eigenvalue weighted by Crippen LogP contribution is -2.15. The first-order chi connectivity index (χ1) is 8.94. The Labute approximate surface area is 141 Å². The van der Waals surface area contributed by atoms with Crippen LogP contribution in [0.25, 0.3) is 0 Å². The van der Waals surface area contributed by atoms with Crippen molar-refractivity contribution in [2.24, 2.45) is 0 Å². The third-order valence-electron chi connectivity index (χ3n) is 3.75. The third kappa shape index (κ3) is 3.61. The minimum absolute atomic E-state index is 0.262. The molecule has 1 unspecified atom stereocenters. The Kier molecular flexibility index (Phi) is 5.12. The molecule has 0 fully saturated rings. The lowest BCUT2D eigenvalue weighted by molar-refractivity contribution is 0.506. The van der Waals surface area contributed by atoms with Crippen molar-refractivity contribution >= 4 is 49.9 Å². The van der Waals surface area contributed by atoms with Crippen LogP contribution in [-0.2, 0) is 5.41 Å². The zero-order valence-electron chi connectivity index (χ0n) is 11.4. The summed E-state index contributed by atoms with van der Waals surface area (Å²) in [5.74, 6) is 0. The fraction of sp³-hybridized carbons (Fsp3) is 0.375. The van der Waals surface area contributed by atoms with Crippen LogP contribution < -0.4 is 0 Å². The van der Waals surface area contributed by atoms with Crippen LogP contribution in [0.2, 0.25) is 0 Å². The van der Waals surface area contributed by atoms with Crippen molar-refractivity contribution in [2.45, 2.75) is 37.4 Å². The first-order valence-corrected chi connectivity index (χ1v) is 9.30. The van der Waals surface area contributed by atoms with Gasteiger partial charge in [0.2, 0.25) is 0 Å². The Bertz CT molecular complexity index is 542. The number of hydrogen-bond acceptors (Lipinski definition) is 1. The van der Waals surface area contributed by atoms with Gasteiger partial charge in [0.25, 0.3) is 0 Å². The number of hydrogen-bond donors (Lipinski definition) is 0. The molecule has 2 aromatic rings. The lowest BCUT2D eigenvalue weighted by Gasteiger charge is -2.23. The summed E-state index contributed by atoms with van der Waals surface area (Å²) in [6.45, 7) is 6.85. The van der Waals surface area contributed by atoms with Gasteiger partial charge in [0.05, 0.1) is 7.71 Å². The maximum absolute atomic E-state index is 3.80. The van der Waals surface area contributed by atoms with Crippen molar-refractivity contribution in [3.05, 3.63) is 55.3 Å². The van der Waals surface area contributed by atoms with Gasteiger partial charge < -0.3 is 0 Å². The zero-order valence-corrected chi connectivity index (χ0v) is 16.0. The second-order valence-corrected chi connectivity index (χ2v) is 9.13. The Morgan fingerprint density at radius 2 is 1.84 bits per heavy atom. The summed E-state index contributed by atoms with van der Waals surface area (Å²) >= 11 is 7.97. The van der Waals surface area contributed by atoms with Gasteiger partial charge in [-0.1, -0.05) is 61.0 Å². The summed E-state index contributed by atoms with van der Waals surface area (Å²) < 4.78 is 1.33. The van der Waals surface area contributed by atoms with Crippen LogP contribution in [0.1, 0.15) is 48.7 Å². The molecule has 0 N–H and O–H groups in total. The molecule has 0 radical (unpaired) electrons. The van der Waals surface area contributed by atoms with Gasteiger partial charge in [0.1, 0.15) is 0 Å². The molecule has 2 rings (SSSR count). The van der Waals surface area contributed by atoms with Crippen LogP contribution in [0, 0.1) is 2.88 Å². The number of thiophene rings is 1. The van der Waals surface area contributed by atoms with Crippen LogP contribution in [-0.4, -0.2) is 0 Å². The lowest BCUT2D eigenvalue weighted by atomic mass is 9.82. The third-order valence-corrected chi connectivity index (χ3v) is 6.61. The molecular formula is C16H18BrIS. The summed E-state index contributed by atoms with van der Waals surface area (Å²) in [6, 6.07) is 11.3. The molecule has 0 saturated heterocycles. The quantitative estimate of drug-likeness (QED) is 0.368. The van der Waals surface area contributed by atoms with Crippen molar-refractivity contribution in [1.82, 2.24) is 0 Å². The molecule has 0 aliphatic rings. The van der Waals surface area contributed by atoms with E-state index in [1.165, 1.54) is 19.6 Å². The smallest absolute Gasteiger partial charge is 0.0656 e. The molecule has 1 heterocycles. The molecular weight excluding hydrogens is 431 g/mol. The highest BCUT2D eigenvalue weighted by Gasteiger charge is 2.18. The van der Waals surface area contributed by atoms with E-state index in [1.807, 2.05) is 0 Å². The molecule has 102 valence electrons. The highest BCUT2D eigenvalue weighted by Crippen LogP contribution is 2.35. The Hall–Kier alpha value is 0.130. The van der Waals surface area contributed by atoms with E-state index in [4.69, 9.17) is 0 Å². The van der Waals surface area contributed by atoms with E-state index in [2.05, 4.69) is 95.0 Å². The van der Waals surface area contributed by atoms with E-state index in [9.17, 15) is 0 Å². The summed E-state index contributed by atoms with van der Waals surface area (Å²) in [4.78, 5) is 0.297. The number of benzene rings is 1. The molecule has 0 bridgehead atoms. The van der Waals surface area contributed by atoms with E-state index in [0.29, 0.717) is 4.83 Å². The number of rotatable bonds is 4. The molecule has 19 heavy (non-hydrogen) atoms. The highest BCUT2D eigenvalue weighted by molar-refractivity contribution is 14.1. The molecule has 0 nitrogen and oxygen atoms in total. The van der Waals surface area contributed by atoms with Gasteiger partial charge in [-0.15, -0.1) is 11.3 Å². The second kappa shape index (κ2) is 6.27. The van der Waals surface area contributed by atoms with Gasteiger partial charge >= 0.3 is 0 Å². The van der Waals surface area contributed by atoms with Crippen LogP contribution in [0.5, 0.6) is 0 Å². The van der Waals surface area contributed by atoms with E-state index >= 15 is 0 Å². The molecule has 0 aliphatic carbocycles. The van der Waals surface area contributed by atoms with Gasteiger partial charge in [-0.25, -0.2) is 0 Å². The van der Waals surface area contributed by atoms with Crippen molar-refractivity contribution in [2.75, 3.05) is 0 Å². The Morgan fingerprint density at radius 3 is 2.32 bits per heavy atom. The maximum Gasteiger partial charge on any atom is 0.0656 e. The first-order valence-electron chi connectivity index (χ1n) is 6.42. The molecule has 1 aromatic heterocycles. The van der Waals surface area contributed by atoms with Gasteiger partial charge in [0.15, 0.2) is 0 Å². The van der Waals surface area contributed by atoms with Crippen LogP contribution in [0.3, 0.4) is 0 Å². The van der Waals surface area contributed by atoms with Crippen molar-refractivity contribution in [1.29, 1.82) is 0 Å². The predicted molar refractivity (Wildman–Crippen MR) is 97.6 cm³/mol. The fourth-order valence-corrected chi connectivity index (χ4v) is 4.10. The average Bonchev–Trinajstić information content (AvgIpc) is 2.85. The topological polar surface area (TPSA) is 0 Å². The molecule has 1 aromatic carbocycles. The summed E-state index contributed by atoms with van der Waals surface area (Å²) in [6.07, 6.45) is 1.16. The minimum Gasteiger partial charge on any atom is -0.137 e. The molecule has 0 saturated carbocycles. The average molecular weight is 449 g/mol. The van der Waals surface area contributed by atoms with Crippen LogP contribution >= 0.6 is 49.9 Å². The molecule has 1 atom stereocenters. The van der Waals surface area contributed by atoms with Crippen LogP contribution in [0.4, 0.5) is 0 Å². The van der Waals surface area contributed by atoms with E-state index in [0.717, 1.165) is 6.42 Å². The van der Waals surface area contributed by atoms with Gasteiger partial charge in [-0.3, -0.25) is 0 Å². The normalized spacial score (nSPS) is 13.5. The Balaban J connectivity index is 2.23. The predicted octanol–water partition coefficient (Wildman–Crippen LogP) is 6.52. The van der Waals surface area contributed by atoms with E-state index in [1.54, 1.807) is 11.3 Å². The summed E-state index contributed by atoms with van der Waals surface area (Å²) in [7, 11) is 0.